The summed E-state index contributed by atoms with van der Waals surface area (Å²) in [5, 5.41) is 2.57. The van der Waals surface area contributed by atoms with Crippen LogP contribution in [0.25, 0.3) is 0 Å². The van der Waals surface area contributed by atoms with Gasteiger partial charge in [-0.15, -0.1) is 0 Å². The predicted molar refractivity (Wildman–Crippen MR) is 83.2 cm³/mol. The Kier molecular flexibility index (Phi) is 4.93. The van der Waals surface area contributed by atoms with Crippen molar-refractivity contribution in [3.8, 4) is 0 Å². The smallest absolute Gasteiger partial charge is 0.324 e. The number of nitrogens with one attached hydrogen (secondary N) is 1. The molecule has 1 heterocycles. The minimum Gasteiger partial charge on any atom is -0.324 e. The van der Waals surface area contributed by atoms with Crippen LogP contribution in [0.5, 0.6) is 0 Å². The van der Waals surface area contributed by atoms with E-state index in [9.17, 15) is 22.8 Å². The average Bonchev–Trinajstić information content (AvgIpc) is 2.43. The first-order valence-corrected chi connectivity index (χ1v) is 7.30. The van der Waals surface area contributed by atoms with E-state index in [1.54, 1.807) is 25.1 Å². The SMILES string of the molecule is Cc1cc(Br)ccc1NC(=O)Cn1cc(C(F)(F)F)ccc1=O. The molecule has 0 aliphatic rings. The normalized spacial score (nSPS) is 11.3. The number of carbonyl (C=O) groups excluding carboxylic acids is 1. The van der Waals surface area contributed by atoms with Crippen LogP contribution in [-0.4, -0.2) is 10.5 Å². The van der Waals surface area contributed by atoms with E-state index in [0.29, 0.717) is 18.0 Å². The number of hydrogen-bond donors (Lipinski definition) is 1. The number of pyridine rings is 1. The average molecular weight is 389 g/mol. The standard InChI is InChI=1S/C15H12BrF3N2O2/c1-9-6-11(16)3-4-12(9)20-13(22)8-21-7-10(15(17,18)19)2-5-14(21)23/h2-7H,8H2,1H3,(H,20,22). The molecule has 2 rings (SSSR count). The Bertz CT molecular complexity index is 800. The molecule has 0 saturated heterocycles. The van der Waals surface area contributed by atoms with E-state index in [-0.39, 0.29) is 0 Å². The summed E-state index contributed by atoms with van der Waals surface area (Å²) in [7, 11) is 0. The zero-order valence-electron chi connectivity index (χ0n) is 11.9. The number of rotatable bonds is 3. The van der Waals surface area contributed by atoms with Crippen molar-refractivity contribution in [3.05, 3.63) is 62.5 Å². The number of alkyl halides is 3. The van der Waals surface area contributed by atoms with E-state index < -0.39 is 29.8 Å². The molecule has 1 aromatic carbocycles. The fourth-order valence-corrected chi connectivity index (χ4v) is 2.41. The van der Waals surface area contributed by atoms with Crippen molar-refractivity contribution in [1.29, 1.82) is 0 Å². The molecule has 8 heteroatoms. The Morgan fingerprint density at radius 3 is 2.57 bits per heavy atom. The van der Waals surface area contributed by atoms with Crippen molar-refractivity contribution in [3.63, 3.8) is 0 Å². The largest absolute Gasteiger partial charge is 0.417 e. The highest BCUT2D eigenvalue weighted by molar-refractivity contribution is 9.10. The lowest BCUT2D eigenvalue weighted by Gasteiger charge is -2.12. The molecule has 1 aromatic heterocycles. The number of amides is 1. The van der Waals surface area contributed by atoms with Crippen molar-refractivity contribution in [2.24, 2.45) is 0 Å². The number of halogens is 4. The highest BCUT2D eigenvalue weighted by atomic mass is 79.9. The van der Waals surface area contributed by atoms with Crippen molar-refractivity contribution in [2.45, 2.75) is 19.6 Å². The van der Waals surface area contributed by atoms with Crippen molar-refractivity contribution < 1.29 is 18.0 Å². The van der Waals surface area contributed by atoms with Gasteiger partial charge in [0.1, 0.15) is 6.54 Å². The maximum absolute atomic E-state index is 12.7. The molecule has 1 N–H and O–H groups in total. The Balaban J connectivity index is 2.18. The lowest BCUT2D eigenvalue weighted by molar-refractivity contribution is -0.138. The van der Waals surface area contributed by atoms with Gasteiger partial charge in [-0.3, -0.25) is 9.59 Å². The summed E-state index contributed by atoms with van der Waals surface area (Å²) in [5.41, 5.74) is -0.354. The molecule has 4 nitrogen and oxygen atoms in total. The molecule has 0 saturated carbocycles. The van der Waals surface area contributed by atoms with E-state index in [4.69, 9.17) is 0 Å². The molecule has 0 bridgehead atoms. The lowest BCUT2D eigenvalue weighted by atomic mass is 10.2. The number of nitrogens with zero attached hydrogens (tertiary/aromatic N) is 1. The first-order chi connectivity index (χ1) is 10.7. The molecule has 1 amide bonds. The lowest BCUT2D eigenvalue weighted by Crippen LogP contribution is -2.28. The van der Waals surface area contributed by atoms with Crippen molar-refractivity contribution >= 4 is 27.5 Å². The van der Waals surface area contributed by atoms with E-state index in [1.165, 1.54) is 0 Å². The summed E-state index contributed by atoms with van der Waals surface area (Å²) in [6, 6.07) is 6.65. The van der Waals surface area contributed by atoms with E-state index >= 15 is 0 Å². The number of aromatic nitrogens is 1. The van der Waals surface area contributed by atoms with E-state index in [1.807, 2.05) is 0 Å². The highest BCUT2D eigenvalue weighted by Crippen LogP contribution is 2.28. The van der Waals surface area contributed by atoms with Crippen LogP contribution in [0.3, 0.4) is 0 Å². The maximum Gasteiger partial charge on any atom is 0.417 e. The zero-order chi connectivity index (χ0) is 17.2. The number of aryl methyl sites for hydroxylation is 1. The third-order valence-corrected chi connectivity index (χ3v) is 3.58. The Labute approximate surface area is 138 Å². The topological polar surface area (TPSA) is 51.1 Å². The van der Waals surface area contributed by atoms with Crippen LogP contribution in [0, 0.1) is 6.92 Å². The Morgan fingerprint density at radius 1 is 1.26 bits per heavy atom. The molecule has 0 fully saturated rings. The summed E-state index contributed by atoms with van der Waals surface area (Å²) in [6.07, 6.45) is -3.94. The molecule has 0 spiro atoms. The van der Waals surface area contributed by atoms with Gasteiger partial charge in [-0.2, -0.15) is 13.2 Å². The predicted octanol–water partition coefficient (Wildman–Crippen LogP) is 3.58. The third-order valence-electron chi connectivity index (χ3n) is 3.09. The Morgan fingerprint density at radius 2 is 1.96 bits per heavy atom. The molecule has 122 valence electrons. The van der Waals surface area contributed by atoms with Crippen LogP contribution in [0.1, 0.15) is 11.1 Å². The second kappa shape index (κ2) is 6.57. The zero-order valence-corrected chi connectivity index (χ0v) is 13.5. The van der Waals surface area contributed by atoms with Gasteiger partial charge in [0, 0.05) is 22.4 Å². The van der Waals surface area contributed by atoms with Gasteiger partial charge >= 0.3 is 6.18 Å². The molecule has 0 aliphatic heterocycles. The monoisotopic (exact) mass is 388 g/mol. The van der Waals surface area contributed by atoms with Crippen LogP contribution in [0.15, 0.2) is 45.8 Å². The van der Waals surface area contributed by atoms with Gasteiger partial charge in [0.15, 0.2) is 0 Å². The summed E-state index contributed by atoms with van der Waals surface area (Å²) in [5.74, 6) is -0.586. The van der Waals surface area contributed by atoms with Gasteiger partial charge in [0.05, 0.1) is 5.56 Å². The molecule has 0 atom stereocenters. The molecular formula is C15H12BrF3N2O2. The second-order valence-electron chi connectivity index (χ2n) is 4.89. The van der Waals surface area contributed by atoms with Gasteiger partial charge in [-0.25, -0.2) is 0 Å². The highest BCUT2D eigenvalue weighted by Gasteiger charge is 2.31. The molecular weight excluding hydrogens is 377 g/mol. The molecule has 0 radical (unpaired) electrons. The fraction of sp³-hybridized carbons (Fsp3) is 0.200. The Hall–Kier alpha value is -2.09. The minimum absolute atomic E-state index is 0.502. The van der Waals surface area contributed by atoms with Gasteiger partial charge in [0.2, 0.25) is 5.91 Å². The maximum atomic E-state index is 12.7. The second-order valence-corrected chi connectivity index (χ2v) is 5.80. The van der Waals surface area contributed by atoms with Gasteiger partial charge in [-0.1, -0.05) is 15.9 Å². The van der Waals surface area contributed by atoms with Crippen LogP contribution in [0.2, 0.25) is 0 Å². The summed E-state index contributed by atoms with van der Waals surface area (Å²) >= 11 is 3.29. The molecule has 2 aromatic rings. The van der Waals surface area contributed by atoms with E-state index in [0.717, 1.165) is 20.7 Å². The number of benzene rings is 1. The van der Waals surface area contributed by atoms with Crippen LogP contribution < -0.4 is 10.9 Å². The first-order valence-electron chi connectivity index (χ1n) is 6.50. The molecule has 23 heavy (non-hydrogen) atoms. The number of anilines is 1. The summed E-state index contributed by atoms with van der Waals surface area (Å²) in [6.45, 7) is 1.27. The van der Waals surface area contributed by atoms with Gasteiger partial charge in [-0.05, 0) is 36.8 Å². The summed E-state index contributed by atoms with van der Waals surface area (Å²) < 4.78 is 39.5. The number of hydrogen-bond acceptors (Lipinski definition) is 2. The van der Waals surface area contributed by atoms with Gasteiger partial charge in [0.25, 0.3) is 5.56 Å². The summed E-state index contributed by atoms with van der Waals surface area (Å²) in [4.78, 5) is 23.6. The van der Waals surface area contributed by atoms with E-state index in [2.05, 4.69) is 21.2 Å². The van der Waals surface area contributed by atoms with Crippen LogP contribution in [0.4, 0.5) is 18.9 Å². The van der Waals surface area contributed by atoms with Crippen molar-refractivity contribution in [2.75, 3.05) is 5.32 Å². The molecule has 0 unspecified atom stereocenters. The van der Waals surface area contributed by atoms with Crippen LogP contribution in [-0.2, 0) is 17.5 Å². The fourth-order valence-electron chi connectivity index (χ4n) is 1.93. The quantitative estimate of drug-likeness (QED) is 0.873. The molecule has 0 aliphatic carbocycles. The third kappa shape index (κ3) is 4.44. The van der Waals surface area contributed by atoms with Gasteiger partial charge < -0.3 is 9.88 Å². The number of carbonyl (C=O) groups is 1. The van der Waals surface area contributed by atoms with Crippen LogP contribution >= 0.6 is 15.9 Å². The minimum atomic E-state index is -4.58. The van der Waals surface area contributed by atoms with Crippen molar-refractivity contribution in [1.82, 2.24) is 4.57 Å². The first kappa shape index (κ1) is 17.3.